The standard InChI is InChI=1S/C17H34N2/c1-15(2)16-7-9-17(10-8-16)18-11-14-19-12-5-3-4-6-13-19/h15-18H,3-14H2,1-2H3. The van der Waals surface area contributed by atoms with E-state index in [4.69, 9.17) is 0 Å². The molecule has 1 aliphatic heterocycles. The molecule has 1 heterocycles. The number of rotatable bonds is 5. The van der Waals surface area contributed by atoms with E-state index in [0.29, 0.717) is 0 Å². The highest BCUT2D eigenvalue weighted by atomic mass is 15.1. The molecule has 0 amide bonds. The average molecular weight is 266 g/mol. The Hall–Kier alpha value is -0.0800. The molecule has 1 aliphatic carbocycles. The van der Waals surface area contributed by atoms with Gasteiger partial charge in [-0.1, -0.05) is 26.7 Å². The second kappa shape index (κ2) is 8.26. The Morgan fingerprint density at radius 3 is 2.16 bits per heavy atom. The van der Waals surface area contributed by atoms with Crippen LogP contribution >= 0.6 is 0 Å². The summed E-state index contributed by atoms with van der Waals surface area (Å²) in [6.07, 6.45) is 11.4. The predicted molar refractivity (Wildman–Crippen MR) is 83.5 cm³/mol. The van der Waals surface area contributed by atoms with Gasteiger partial charge in [0.15, 0.2) is 0 Å². The van der Waals surface area contributed by atoms with E-state index >= 15 is 0 Å². The van der Waals surface area contributed by atoms with Gasteiger partial charge in [-0.25, -0.2) is 0 Å². The minimum atomic E-state index is 0.807. The molecule has 1 saturated heterocycles. The molecule has 0 spiro atoms. The molecule has 0 unspecified atom stereocenters. The molecule has 2 rings (SSSR count). The van der Waals surface area contributed by atoms with E-state index in [0.717, 1.165) is 17.9 Å². The van der Waals surface area contributed by atoms with Crippen LogP contribution in [0.5, 0.6) is 0 Å². The first-order valence-corrected chi connectivity index (χ1v) is 8.71. The van der Waals surface area contributed by atoms with Gasteiger partial charge in [0.2, 0.25) is 0 Å². The Morgan fingerprint density at radius 1 is 0.947 bits per heavy atom. The van der Waals surface area contributed by atoms with Crippen LogP contribution < -0.4 is 5.32 Å². The molecule has 0 radical (unpaired) electrons. The third-order valence-corrected chi connectivity index (χ3v) is 5.27. The van der Waals surface area contributed by atoms with E-state index in [1.165, 1.54) is 77.5 Å². The van der Waals surface area contributed by atoms with Gasteiger partial charge in [0.1, 0.15) is 0 Å². The third-order valence-electron chi connectivity index (χ3n) is 5.27. The molecule has 112 valence electrons. The molecule has 2 fully saturated rings. The molecular weight excluding hydrogens is 232 g/mol. The van der Waals surface area contributed by atoms with Gasteiger partial charge in [0.05, 0.1) is 0 Å². The van der Waals surface area contributed by atoms with Crippen LogP contribution in [0.4, 0.5) is 0 Å². The summed E-state index contributed by atoms with van der Waals surface area (Å²) in [5.74, 6) is 1.88. The Labute approximate surface area is 120 Å². The molecule has 1 N–H and O–H groups in total. The minimum absolute atomic E-state index is 0.807. The zero-order valence-electron chi connectivity index (χ0n) is 13.2. The number of nitrogens with one attached hydrogen (secondary N) is 1. The normalized spacial score (nSPS) is 30.5. The Balaban J connectivity index is 1.56. The second-order valence-corrected chi connectivity index (χ2v) is 7.07. The lowest BCUT2D eigenvalue weighted by Gasteiger charge is -2.32. The van der Waals surface area contributed by atoms with Crippen LogP contribution in [0.15, 0.2) is 0 Å². The second-order valence-electron chi connectivity index (χ2n) is 7.07. The largest absolute Gasteiger partial charge is 0.313 e. The number of nitrogens with zero attached hydrogens (tertiary/aromatic N) is 1. The summed E-state index contributed by atoms with van der Waals surface area (Å²) in [5.41, 5.74) is 0. The van der Waals surface area contributed by atoms with Crippen LogP contribution in [-0.2, 0) is 0 Å². The number of hydrogen-bond donors (Lipinski definition) is 1. The van der Waals surface area contributed by atoms with Gasteiger partial charge in [-0.05, 0) is 63.5 Å². The van der Waals surface area contributed by atoms with Crippen molar-refractivity contribution in [2.24, 2.45) is 11.8 Å². The van der Waals surface area contributed by atoms with Crippen molar-refractivity contribution >= 4 is 0 Å². The van der Waals surface area contributed by atoms with Gasteiger partial charge < -0.3 is 10.2 Å². The molecule has 1 saturated carbocycles. The molecule has 0 aromatic rings. The maximum Gasteiger partial charge on any atom is 0.0107 e. The van der Waals surface area contributed by atoms with E-state index in [2.05, 4.69) is 24.1 Å². The fraction of sp³-hybridized carbons (Fsp3) is 1.00. The smallest absolute Gasteiger partial charge is 0.0107 e. The first-order chi connectivity index (χ1) is 9.25. The number of hydrogen-bond acceptors (Lipinski definition) is 2. The van der Waals surface area contributed by atoms with Crippen molar-refractivity contribution in [3.05, 3.63) is 0 Å². The highest BCUT2D eigenvalue weighted by Crippen LogP contribution is 2.29. The Morgan fingerprint density at radius 2 is 1.58 bits per heavy atom. The third kappa shape index (κ3) is 5.43. The molecule has 2 nitrogen and oxygen atoms in total. The first kappa shape index (κ1) is 15.3. The van der Waals surface area contributed by atoms with Crippen LogP contribution in [0.1, 0.15) is 65.2 Å². The molecule has 0 aromatic carbocycles. The van der Waals surface area contributed by atoms with Crippen LogP contribution in [0.2, 0.25) is 0 Å². The van der Waals surface area contributed by atoms with Gasteiger partial charge in [-0.15, -0.1) is 0 Å². The Kier molecular flexibility index (Phi) is 6.66. The van der Waals surface area contributed by atoms with E-state index in [1.807, 2.05) is 0 Å². The first-order valence-electron chi connectivity index (χ1n) is 8.71. The zero-order valence-corrected chi connectivity index (χ0v) is 13.2. The maximum atomic E-state index is 3.81. The van der Waals surface area contributed by atoms with Crippen LogP contribution in [-0.4, -0.2) is 37.1 Å². The number of likely N-dealkylation sites (tertiary alicyclic amines) is 1. The lowest BCUT2D eigenvalue weighted by Crippen LogP contribution is -2.39. The van der Waals surface area contributed by atoms with Crippen LogP contribution in [0.3, 0.4) is 0 Å². The summed E-state index contributed by atoms with van der Waals surface area (Å²) >= 11 is 0. The highest BCUT2D eigenvalue weighted by Gasteiger charge is 2.22. The SMILES string of the molecule is CC(C)C1CCC(NCCN2CCCCCC2)CC1. The molecule has 2 aliphatic rings. The van der Waals surface area contributed by atoms with Crippen molar-refractivity contribution in [1.29, 1.82) is 0 Å². The van der Waals surface area contributed by atoms with E-state index in [1.54, 1.807) is 0 Å². The lowest BCUT2D eigenvalue weighted by molar-refractivity contribution is 0.227. The Bertz CT molecular complexity index is 223. The van der Waals surface area contributed by atoms with E-state index < -0.39 is 0 Å². The monoisotopic (exact) mass is 266 g/mol. The highest BCUT2D eigenvalue weighted by molar-refractivity contribution is 4.79. The van der Waals surface area contributed by atoms with Crippen molar-refractivity contribution < 1.29 is 0 Å². The lowest BCUT2D eigenvalue weighted by atomic mass is 9.80. The summed E-state index contributed by atoms with van der Waals surface area (Å²) in [6.45, 7) is 9.92. The van der Waals surface area contributed by atoms with Crippen molar-refractivity contribution in [1.82, 2.24) is 10.2 Å². The molecule has 19 heavy (non-hydrogen) atoms. The van der Waals surface area contributed by atoms with Crippen molar-refractivity contribution in [2.75, 3.05) is 26.2 Å². The summed E-state index contributed by atoms with van der Waals surface area (Å²) in [7, 11) is 0. The molecule has 0 bridgehead atoms. The summed E-state index contributed by atoms with van der Waals surface area (Å²) in [5, 5.41) is 3.81. The molecular formula is C17H34N2. The van der Waals surface area contributed by atoms with Crippen molar-refractivity contribution in [3.8, 4) is 0 Å². The quantitative estimate of drug-likeness (QED) is 0.817. The fourth-order valence-electron chi connectivity index (χ4n) is 3.78. The summed E-state index contributed by atoms with van der Waals surface area (Å²) in [4.78, 5) is 2.67. The molecule has 0 aromatic heterocycles. The summed E-state index contributed by atoms with van der Waals surface area (Å²) < 4.78 is 0. The van der Waals surface area contributed by atoms with Gasteiger partial charge in [-0.3, -0.25) is 0 Å². The van der Waals surface area contributed by atoms with Gasteiger partial charge in [-0.2, -0.15) is 0 Å². The van der Waals surface area contributed by atoms with Crippen molar-refractivity contribution in [2.45, 2.75) is 71.3 Å². The van der Waals surface area contributed by atoms with Crippen molar-refractivity contribution in [3.63, 3.8) is 0 Å². The zero-order chi connectivity index (χ0) is 13.5. The van der Waals surface area contributed by atoms with Crippen LogP contribution in [0, 0.1) is 11.8 Å². The fourth-order valence-corrected chi connectivity index (χ4v) is 3.78. The van der Waals surface area contributed by atoms with Gasteiger partial charge >= 0.3 is 0 Å². The molecule has 0 atom stereocenters. The van der Waals surface area contributed by atoms with Gasteiger partial charge in [0.25, 0.3) is 0 Å². The minimum Gasteiger partial charge on any atom is -0.313 e. The van der Waals surface area contributed by atoms with E-state index in [9.17, 15) is 0 Å². The maximum absolute atomic E-state index is 3.81. The predicted octanol–water partition coefficient (Wildman–Crippen LogP) is 3.67. The summed E-state index contributed by atoms with van der Waals surface area (Å²) in [6, 6.07) is 0.807. The van der Waals surface area contributed by atoms with Crippen LogP contribution in [0.25, 0.3) is 0 Å². The topological polar surface area (TPSA) is 15.3 Å². The molecule has 2 heteroatoms. The van der Waals surface area contributed by atoms with E-state index in [-0.39, 0.29) is 0 Å². The average Bonchev–Trinajstić information content (AvgIpc) is 2.68. The van der Waals surface area contributed by atoms with Gasteiger partial charge in [0, 0.05) is 19.1 Å².